The van der Waals surface area contributed by atoms with Gasteiger partial charge in [0.1, 0.15) is 11.9 Å². The van der Waals surface area contributed by atoms with Gasteiger partial charge in [-0.15, -0.1) is 0 Å². The fourth-order valence-corrected chi connectivity index (χ4v) is 2.80. The lowest BCUT2D eigenvalue weighted by Crippen LogP contribution is -1.98. The number of nitrogens with one attached hydrogen (secondary N) is 1. The molecular weight excluding hydrogens is 323 g/mol. The monoisotopic (exact) mass is 334 g/mol. The summed E-state index contributed by atoms with van der Waals surface area (Å²) in [6.07, 6.45) is 1.75. The molecule has 122 valence electrons. The predicted octanol–water partition coefficient (Wildman–Crippen LogP) is 3.04. The third-order valence-electron chi connectivity index (χ3n) is 3.98. The van der Waals surface area contributed by atoms with E-state index >= 15 is 0 Å². The Labute approximate surface area is 140 Å². The molecule has 2 aromatic carbocycles. The number of H-pyrrole nitrogens is 1. The van der Waals surface area contributed by atoms with Gasteiger partial charge in [0.05, 0.1) is 11.1 Å². The van der Waals surface area contributed by atoms with Gasteiger partial charge in [0.25, 0.3) is 0 Å². The van der Waals surface area contributed by atoms with E-state index in [0.29, 0.717) is 23.5 Å². The average Bonchev–Trinajstić information content (AvgIpc) is 3.20. The lowest BCUT2D eigenvalue weighted by Gasteiger charge is -2.06. The Kier molecular flexibility index (Phi) is 3.43. The summed E-state index contributed by atoms with van der Waals surface area (Å²) in [6, 6.07) is 13.8. The van der Waals surface area contributed by atoms with Crippen molar-refractivity contribution in [3.63, 3.8) is 0 Å². The van der Waals surface area contributed by atoms with E-state index in [0.717, 1.165) is 16.5 Å². The van der Waals surface area contributed by atoms with E-state index in [4.69, 9.17) is 0 Å². The molecule has 0 saturated heterocycles. The van der Waals surface area contributed by atoms with Gasteiger partial charge in [0.2, 0.25) is 0 Å². The summed E-state index contributed by atoms with van der Waals surface area (Å²) in [5.41, 5.74) is 2.92. The van der Waals surface area contributed by atoms with Crippen LogP contribution in [0.2, 0.25) is 0 Å². The number of aromatic amines is 1. The molecule has 1 N–H and O–H groups in total. The summed E-state index contributed by atoms with van der Waals surface area (Å²) >= 11 is 0. The van der Waals surface area contributed by atoms with Gasteiger partial charge < -0.3 is 4.57 Å². The lowest BCUT2D eigenvalue weighted by molar-refractivity contribution is 0.388. The van der Waals surface area contributed by atoms with Gasteiger partial charge in [-0.05, 0) is 23.8 Å². The van der Waals surface area contributed by atoms with Crippen LogP contribution in [0.3, 0.4) is 0 Å². The Bertz CT molecular complexity index is 1160. The van der Waals surface area contributed by atoms with Gasteiger partial charge in [-0.1, -0.05) is 29.4 Å². The number of fused-ring (bicyclic) bond motifs is 1. The minimum absolute atomic E-state index is 0.295. The molecule has 0 aliphatic carbocycles. The van der Waals surface area contributed by atoms with Crippen molar-refractivity contribution in [2.75, 3.05) is 0 Å². The molecule has 0 aliphatic rings. The number of nitrogens with zero attached hydrogens (tertiary/aromatic N) is 3. The van der Waals surface area contributed by atoms with Crippen molar-refractivity contribution < 1.29 is 8.91 Å². The second-order valence-corrected chi connectivity index (χ2v) is 5.58. The van der Waals surface area contributed by atoms with Gasteiger partial charge in [0, 0.05) is 23.7 Å². The van der Waals surface area contributed by atoms with E-state index in [9.17, 15) is 14.4 Å². The maximum absolute atomic E-state index is 13.1. The van der Waals surface area contributed by atoms with Crippen molar-refractivity contribution in [2.24, 2.45) is 0 Å². The van der Waals surface area contributed by atoms with Crippen molar-refractivity contribution >= 4 is 10.9 Å². The Hall–Kier alpha value is -3.66. The number of benzene rings is 2. The first-order valence-corrected chi connectivity index (χ1v) is 7.48. The van der Waals surface area contributed by atoms with Gasteiger partial charge in [0.15, 0.2) is 5.82 Å². The van der Waals surface area contributed by atoms with E-state index in [1.807, 2.05) is 10.6 Å². The highest BCUT2D eigenvalue weighted by atomic mass is 19.1. The maximum atomic E-state index is 13.1. The summed E-state index contributed by atoms with van der Waals surface area (Å²) in [4.78, 5) is 13.7. The SMILES string of the molecule is N#Cc1cn(Cc2ccc(F)cc2)c2cc(-c3noc(=O)[nH]3)ccc12. The second-order valence-electron chi connectivity index (χ2n) is 5.58. The minimum atomic E-state index is -0.630. The van der Waals surface area contributed by atoms with Crippen molar-refractivity contribution in [3.05, 3.63) is 76.2 Å². The zero-order valence-corrected chi connectivity index (χ0v) is 12.9. The van der Waals surface area contributed by atoms with Crippen LogP contribution in [0.5, 0.6) is 0 Å². The number of hydrogen-bond acceptors (Lipinski definition) is 4. The highest BCUT2D eigenvalue weighted by molar-refractivity contribution is 5.89. The third-order valence-corrected chi connectivity index (χ3v) is 3.98. The third kappa shape index (κ3) is 2.70. The Morgan fingerprint density at radius 1 is 1.24 bits per heavy atom. The number of hydrogen-bond donors (Lipinski definition) is 1. The maximum Gasteiger partial charge on any atom is 0.439 e. The quantitative estimate of drug-likeness (QED) is 0.624. The highest BCUT2D eigenvalue weighted by Gasteiger charge is 2.12. The lowest BCUT2D eigenvalue weighted by atomic mass is 10.1. The van der Waals surface area contributed by atoms with Crippen LogP contribution in [0.1, 0.15) is 11.1 Å². The van der Waals surface area contributed by atoms with Crippen molar-refractivity contribution in [3.8, 4) is 17.5 Å². The standard InChI is InChI=1S/C18H11FN4O2/c19-14-4-1-11(2-5-14)9-23-10-13(8-20)15-6-3-12(7-16(15)23)17-21-18(24)25-22-17/h1-7,10H,9H2,(H,21,22,24). The summed E-state index contributed by atoms with van der Waals surface area (Å²) in [5, 5.41) is 13.8. The normalized spacial score (nSPS) is 10.9. The van der Waals surface area contributed by atoms with Crippen LogP contribution in [0, 0.1) is 17.1 Å². The van der Waals surface area contributed by atoms with Crippen LogP contribution in [0.15, 0.2) is 58.0 Å². The largest absolute Gasteiger partial charge is 0.439 e. The number of nitriles is 1. The topological polar surface area (TPSA) is 87.6 Å². The molecule has 0 aliphatic heterocycles. The van der Waals surface area contributed by atoms with Crippen LogP contribution in [-0.4, -0.2) is 14.7 Å². The van der Waals surface area contributed by atoms with E-state index < -0.39 is 5.76 Å². The molecule has 4 rings (SSSR count). The fourth-order valence-electron chi connectivity index (χ4n) is 2.80. The summed E-state index contributed by atoms with van der Waals surface area (Å²) in [5.74, 6) is -0.606. The van der Waals surface area contributed by atoms with Crippen LogP contribution in [0.25, 0.3) is 22.3 Å². The van der Waals surface area contributed by atoms with Crippen molar-refractivity contribution in [1.82, 2.24) is 14.7 Å². The first kappa shape index (κ1) is 14.9. The second kappa shape index (κ2) is 5.76. The summed E-state index contributed by atoms with van der Waals surface area (Å²) < 4.78 is 19.5. The molecular formula is C18H11FN4O2. The van der Waals surface area contributed by atoms with Crippen LogP contribution >= 0.6 is 0 Å². The van der Waals surface area contributed by atoms with Gasteiger partial charge in [-0.2, -0.15) is 5.26 Å². The van der Waals surface area contributed by atoms with Gasteiger partial charge in [-0.3, -0.25) is 9.51 Å². The molecule has 0 saturated carbocycles. The number of aromatic nitrogens is 3. The molecule has 7 heteroatoms. The molecule has 2 aromatic heterocycles. The molecule has 2 heterocycles. The van der Waals surface area contributed by atoms with Gasteiger partial charge in [-0.25, -0.2) is 9.18 Å². The van der Waals surface area contributed by atoms with Crippen molar-refractivity contribution in [2.45, 2.75) is 6.54 Å². The van der Waals surface area contributed by atoms with E-state index in [-0.39, 0.29) is 5.82 Å². The van der Waals surface area contributed by atoms with Crippen LogP contribution in [-0.2, 0) is 6.54 Å². The first-order chi connectivity index (χ1) is 12.1. The Morgan fingerprint density at radius 2 is 2.04 bits per heavy atom. The number of rotatable bonds is 3. The van der Waals surface area contributed by atoms with E-state index in [2.05, 4.69) is 20.7 Å². The Morgan fingerprint density at radius 3 is 2.72 bits per heavy atom. The molecule has 0 radical (unpaired) electrons. The molecule has 0 unspecified atom stereocenters. The Balaban J connectivity index is 1.83. The average molecular weight is 334 g/mol. The minimum Gasteiger partial charge on any atom is -0.342 e. The van der Waals surface area contributed by atoms with Crippen molar-refractivity contribution in [1.29, 1.82) is 5.26 Å². The molecule has 0 spiro atoms. The molecule has 0 amide bonds. The smallest absolute Gasteiger partial charge is 0.342 e. The molecule has 4 aromatic rings. The summed E-state index contributed by atoms with van der Waals surface area (Å²) in [7, 11) is 0. The molecule has 0 atom stereocenters. The van der Waals surface area contributed by atoms with E-state index in [1.165, 1.54) is 12.1 Å². The summed E-state index contributed by atoms with van der Waals surface area (Å²) in [6.45, 7) is 0.483. The zero-order valence-electron chi connectivity index (χ0n) is 12.9. The molecule has 0 fully saturated rings. The number of halogens is 1. The van der Waals surface area contributed by atoms with Crippen LogP contribution in [0.4, 0.5) is 4.39 Å². The molecule has 25 heavy (non-hydrogen) atoms. The molecule has 6 nitrogen and oxygen atoms in total. The van der Waals surface area contributed by atoms with Crippen LogP contribution < -0.4 is 5.76 Å². The van der Waals surface area contributed by atoms with Gasteiger partial charge >= 0.3 is 5.76 Å². The highest BCUT2D eigenvalue weighted by Crippen LogP contribution is 2.26. The predicted molar refractivity (Wildman–Crippen MR) is 88.3 cm³/mol. The molecule has 0 bridgehead atoms. The fraction of sp³-hybridized carbons (Fsp3) is 0.0556. The zero-order chi connectivity index (χ0) is 17.4. The first-order valence-electron chi connectivity index (χ1n) is 7.48. The van der Waals surface area contributed by atoms with E-state index in [1.54, 1.807) is 30.5 Å².